The number of rotatable bonds is 9. The highest BCUT2D eigenvalue weighted by molar-refractivity contribution is 5.81. The lowest BCUT2D eigenvalue weighted by Crippen LogP contribution is -2.39. The number of aromatic nitrogens is 6. The van der Waals surface area contributed by atoms with Crippen LogP contribution >= 0.6 is 0 Å². The molecule has 2 aliphatic rings. The largest absolute Gasteiger partial charge is 0.466 e. The summed E-state index contributed by atoms with van der Waals surface area (Å²) in [7, 11) is 0. The number of tetrazole rings is 1. The van der Waals surface area contributed by atoms with Gasteiger partial charge in [-0.2, -0.15) is 5.21 Å². The molecule has 0 amide bonds. The minimum atomic E-state index is -0.489. The summed E-state index contributed by atoms with van der Waals surface area (Å²) in [5.74, 6) is 0.447. The Labute approximate surface area is 227 Å². The summed E-state index contributed by atoms with van der Waals surface area (Å²) in [6.45, 7) is 5.08. The van der Waals surface area contributed by atoms with Crippen LogP contribution in [0.15, 0.2) is 53.3 Å². The van der Waals surface area contributed by atoms with Crippen LogP contribution in [0, 0.1) is 5.41 Å². The van der Waals surface area contributed by atoms with Crippen molar-refractivity contribution in [2.75, 3.05) is 6.61 Å². The molecule has 202 valence electrons. The van der Waals surface area contributed by atoms with E-state index in [2.05, 4.69) is 56.5 Å². The molecule has 39 heavy (non-hydrogen) atoms. The maximum atomic E-state index is 13.8. The van der Waals surface area contributed by atoms with Gasteiger partial charge in [-0.15, -0.1) is 10.2 Å². The van der Waals surface area contributed by atoms with Gasteiger partial charge in [-0.05, 0) is 60.9 Å². The number of carbonyl (C=O) groups excluding carboxylic acids is 1. The van der Waals surface area contributed by atoms with E-state index >= 15 is 0 Å². The molecule has 3 heterocycles. The summed E-state index contributed by atoms with van der Waals surface area (Å²) < 4.78 is 9.60. The van der Waals surface area contributed by atoms with Crippen molar-refractivity contribution in [3.05, 3.63) is 75.7 Å². The molecule has 9 heteroatoms. The SMILES string of the molecule is CCCc1c(Cc2ccc(-c3ccccc3-c3nn[nH]n3)cc2)c(=O)n2n1C(C1(C(=O)OCC)CC1)CCC2. The summed E-state index contributed by atoms with van der Waals surface area (Å²) in [6, 6.07) is 16.3. The highest BCUT2D eigenvalue weighted by Crippen LogP contribution is 2.57. The Hall–Kier alpha value is -4.01. The normalized spacial score (nSPS) is 17.5. The topological polar surface area (TPSA) is 108 Å². The fourth-order valence-corrected chi connectivity index (χ4v) is 6.27. The number of fused-ring (bicyclic) bond motifs is 1. The number of hydrogen-bond acceptors (Lipinski definition) is 6. The van der Waals surface area contributed by atoms with Crippen molar-refractivity contribution in [1.82, 2.24) is 30.0 Å². The Bertz CT molecular complexity index is 1530. The second kappa shape index (κ2) is 10.3. The summed E-state index contributed by atoms with van der Waals surface area (Å²) >= 11 is 0. The van der Waals surface area contributed by atoms with E-state index in [0.717, 1.165) is 72.0 Å². The third kappa shape index (κ3) is 4.39. The minimum absolute atomic E-state index is 0.0164. The highest BCUT2D eigenvalue weighted by atomic mass is 16.5. The van der Waals surface area contributed by atoms with Crippen LogP contribution in [-0.4, -0.2) is 42.6 Å². The minimum Gasteiger partial charge on any atom is -0.466 e. The number of carbonyl (C=O) groups is 1. The van der Waals surface area contributed by atoms with Crippen molar-refractivity contribution in [2.45, 2.75) is 71.4 Å². The fourth-order valence-electron chi connectivity index (χ4n) is 6.27. The zero-order valence-corrected chi connectivity index (χ0v) is 22.5. The first-order valence-electron chi connectivity index (χ1n) is 14.0. The number of ether oxygens (including phenoxy) is 1. The lowest BCUT2D eigenvalue weighted by Gasteiger charge is -2.34. The van der Waals surface area contributed by atoms with Crippen LogP contribution in [-0.2, 0) is 28.9 Å². The van der Waals surface area contributed by atoms with Crippen LogP contribution in [0.5, 0.6) is 0 Å². The van der Waals surface area contributed by atoms with Crippen molar-refractivity contribution in [3.8, 4) is 22.5 Å². The summed E-state index contributed by atoms with van der Waals surface area (Å²) in [6.07, 6.45) is 5.76. The summed E-state index contributed by atoms with van der Waals surface area (Å²) in [5.41, 5.74) is 5.57. The second-order valence-corrected chi connectivity index (χ2v) is 10.6. The van der Waals surface area contributed by atoms with Crippen molar-refractivity contribution in [1.29, 1.82) is 0 Å². The van der Waals surface area contributed by atoms with Gasteiger partial charge in [0.2, 0.25) is 5.82 Å². The molecule has 1 unspecified atom stereocenters. The Balaban J connectivity index is 1.34. The number of nitrogens with one attached hydrogen (secondary N) is 1. The zero-order chi connectivity index (χ0) is 27.0. The monoisotopic (exact) mass is 526 g/mol. The van der Waals surface area contributed by atoms with Gasteiger partial charge in [0.25, 0.3) is 5.56 Å². The third-order valence-corrected chi connectivity index (χ3v) is 8.27. The molecule has 1 aliphatic heterocycles. The first-order chi connectivity index (χ1) is 19.1. The van der Waals surface area contributed by atoms with Crippen molar-refractivity contribution < 1.29 is 9.53 Å². The van der Waals surface area contributed by atoms with E-state index in [-0.39, 0.29) is 17.6 Å². The van der Waals surface area contributed by atoms with Gasteiger partial charge in [0.15, 0.2) is 0 Å². The maximum absolute atomic E-state index is 13.8. The number of benzene rings is 2. The smallest absolute Gasteiger partial charge is 0.314 e. The van der Waals surface area contributed by atoms with Gasteiger partial charge in [-0.3, -0.25) is 14.3 Å². The number of hydrogen-bond donors (Lipinski definition) is 1. The van der Waals surface area contributed by atoms with Crippen molar-refractivity contribution in [2.24, 2.45) is 5.41 Å². The molecule has 1 fully saturated rings. The third-order valence-electron chi connectivity index (χ3n) is 8.27. The fraction of sp³-hybridized carbons (Fsp3) is 0.433. The average Bonchev–Trinajstić information content (AvgIpc) is 3.51. The molecule has 0 radical (unpaired) electrons. The maximum Gasteiger partial charge on any atom is 0.314 e. The van der Waals surface area contributed by atoms with Gasteiger partial charge in [-0.25, -0.2) is 4.68 Å². The molecule has 1 aliphatic carbocycles. The molecule has 6 rings (SSSR count). The van der Waals surface area contributed by atoms with Crippen LogP contribution in [0.4, 0.5) is 0 Å². The second-order valence-electron chi connectivity index (χ2n) is 10.6. The van der Waals surface area contributed by atoms with Crippen molar-refractivity contribution in [3.63, 3.8) is 0 Å². The van der Waals surface area contributed by atoms with Crippen LogP contribution < -0.4 is 5.56 Å². The lowest BCUT2D eigenvalue weighted by atomic mass is 9.90. The molecule has 2 aromatic heterocycles. The molecule has 1 atom stereocenters. The van der Waals surface area contributed by atoms with Crippen LogP contribution in [0.25, 0.3) is 22.5 Å². The number of H-pyrrole nitrogens is 1. The van der Waals surface area contributed by atoms with Gasteiger partial charge in [0.1, 0.15) is 0 Å². The molecule has 1 N–H and O–H groups in total. The van der Waals surface area contributed by atoms with E-state index in [1.807, 2.05) is 35.9 Å². The molecular formula is C30H34N6O3. The molecule has 0 bridgehead atoms. The average molecular weight is 527 g/mol. The van der Waals surface area contributed by atoms with E-state index < -0.39 is 5.41 Å². The number of esters is 1. The Morgan fingerprint density at radius 1 is 1.10 bits per heavy atom. The van der Waals surface area contributed by atoms with Gasteiger partial charge in [0.05, 0.1) is 18.1 Å². The molecule has 4 aromatic rings. The quantitative estimate of drug-likeness (QED) is 0.316. The van der Waals surface area contributed by atoms with Gasteiger partial charge in [-0.1, -0.05) is 61.9 Å². The van der Waals surface area contributed by atoms with Crippen molar-refractivity contribution >= 4 is 5.97 Å². The van der Waals surface area contributed by atoms with E-state index in [0.29, 0.717) is 25.4 Å². The Morgan fingerprint density at radius 3 is 2.54 bits per heavy atom. The standard InChI is InChI=1S/C30H34N6O3/c1-3-8-25-24(28(37)35-18-7-11-26(36(25)35)30(16-17-30)29(38)39-4-2)19-20-12-14-21(15-13-20)22-9-5-6-10-23(22)27-31-33-34-32-27/h5-6,9-10,12-15,26H,3-4,7-8,11,16-19H2,1-2H3,(H,31,32,33,34). The summed E-state index contributed by atoms with van der Waals surface area (Å²) in [4.78, 5) is 26.8. The first kappa shape index (κ1) is 25.3. The van der Waals surface area contributed by atoms with Crippen LogP contribution in [0.1, 0.15) is 68.8 Å². The molecular weight excluding hydrogens is 492 g/mol. The highest BCUT2D eigenvalue weighted by Gasteiger charge is 2.59. The summed E-state index contributed by atoms with van der Waals surface area (Å²) in [5, 5.41) is 14.5. The number of nitrogens with zero attached hydrogens (tertiary/aromatic N) is 5. The zero-order valence-electron chi connectivity index (χ0n) is 22.5. The Kier molecular flexibility index (Phi) is 6.66. The molecule has 0 saturated heterocycles. The van der Waals surface area contributed by atoms with Gasteiger partial charge < -0.3 is 4.74 Å². The van der Waals surface area contributed by atoms with E-state index in [9.17, 15) is 9.59 Å². The van der Waals surface area contributed by atoms with Crippen LogP contribution in [0.3, 0.4) is 0 Å². The molecule has 9 nitrogen and oxygen atoms in total. The number of aromatic amines is 1. The predicted molar refractivity (Wildman–Crippen MR) is 147 cm³/mol. The van der Waals surface area contributed by atoms with Gasteiger partial charge in [0, 0.05) is 29.8 Å². The van der Waals surface area contributed by atoms with Crippen LogP contribution in [0.2, 0.25) is 0 Å². The Morgan fingerprint density at radius 2 is 1.87 bits per heavy atom. The molecule has 0 spiro atoms. The van der Waals surface area contributed by atoms with Gasteiger partial charge >= 0.3 is 5.97 Å². The molecule has 1 saturated carbocycles. The lowest BCUT2D eigenvalue weighted by molar-refractivity contribution is -0.152. The predicted octanol–water partition coefficient (Wildman–Crippen LogP) is 4.72. The molecule has 2 aromatic carbocycles. The van der Waals surface area contributed by atoms with E-state index in [1.54, 1.807) is 0 Å². The van der Waals surface area contributed by atoms with E-state index in [1.165, 1.54) is 0 Å². The van der Waals surface area contributed by atoms with E-state index in [4.69, 9.17) is 4.74 Å². The first-order valence-corrected chi connectivity index (χ1v) is 14.0.